The molecule has 0 saturated heterocycles. The molecule has 0 aromatic carbocycles. The second-order valence-electron chi connectivity index (χ2n) is 7.56. The number of carbonyl (C=O) groups is 1. The van der Waals surface area contributed by atoms with Crippen LogP contribution in [0.5, 0.6) is 0 Å². The quantitative estimate of drug-likeness (QED) is 0.884. The van der Waals surface area contributed by atoms with Crippen LogP contribution in [0.25, 0.3) is 5.57 Å². The van der Waals surface area contributed by atoms with Crippen molar-refractivity contribution >= 4 is 23.3 Å². The number of amides is 2. The molecule has 2 amide bonds. The van der Waals surface area contributed by atoms with Crippen molar-refractivity contribution in [2.45, 2.75) is 58.1 Å². The minimum atomic E-state index is -0.637. The van der Waals surface area contributed by atoms with Gasteiger partial charge in [-0.15, -0.1) is 0 Å². The number of aliphatic imine (C=N–C) groups is 1. The molecule has 1 aromatic rings. The van der Waals surface area contributed by atoms with Gasteiger partial charge in [0.25, 0.3) is 0 Å². The van der Waals surface area contributed by atoms with Crippen molar-refractivity contribution in [2.24, 2.45) is 4.99 Å². The largest absolute Gasteiger partial charge is 0.390 e. The highest BCUT2D eigenvalue weighted by Crippen LogP contribution is 2.36. The summed E-state index contributed by atoms with van der Waals surface area (Å²) >= 11 is 0. The van der Waals surface area contributed by atoms with E-state index in [9.17, 15) is 9.90 Å². The zero-order valence-corrected chi connectivity index (χ0v) is 15.0. The second kappa shape index (κ2) is 5.69. The topological polar surface area (TPSA) is 84.8 Å². The molecular formula is C18H25N5O2. The van der Waals surface area contributed by atoms with Gasteiger partial charge in [0.15, 0.2) is 11.7 Å². The number of fused-ring (bicyclic) bond motifs is 3. The number of rotatable bonds is 3. The molecule has 7 nitrogen and oxygen atoms in total. The summed E-state index contributed by atoms with van der Waals surface area (Å²) in [5.74, 6) is 2.18. The van der Waals surface area contributed by atoms with Gasteiger partial charge >= 0.3 is 6.03 Å². The standard InChI is InChI=1S/C18H25N5O2/c1-4-9-22-16-13(15-19-11(2)10-23(15)17(22)24)20-14(21-16)12-5-7-18(3,25)8-6-12/h5,11,25H,4,6-10H2,1-3H3,(H,20,21)/t11-,18?/m1/s1. The molecule has 0 bridgehead atoms. The van der Waals surface area contributed by atoms with Crippen LogP contribution in [0.2, 0.25) is 0 Å². The molecular weight excluding hydrogens is 318 g/mol. The lowest BCUT2D eigenvalue weighted by molar-refractivity contribution is 0.0523. The minimum Gasteiger partial charge on any atom is -0.390 e. The molecule has 3 heterocycles. The highest BCUT2D eigenvalue weighted by Gasteiger charge is 2.41. The Kier molecular flexibility index (Phi) is 3.72. The van der Waals surface area contributed by atoms with Gasteiger partial charge in [-0.1, -0.05) is 13.0 Å². The second-order valence-corrected chi connectivity index (χ2v) is 7.56. The first kappa shape index (κ1) is 16.3. The number of H-pyrrole nitrogens is 1. The molecule has 7 heteroatoms. The number of hydrogen-bond donors (Lipinski definition) is 2. The first-order valence-electron chi connectivity index (χ1n) is 9.08. The number of nitrogens with zero attached hydrogens (tertiary/aromatic N) is 4. The van der Waals surface area contributed by atoms with Gasteiger partial charge in [-0.3, -0.25) is 14.8 Å². The summed E-state index contributed by atoms with van der Waals surface area (Å²) in [6.45, 7) is 7.20. The predicted octanol–water partition coefficient (Wildman–Crippen LogP) is 2.53. The predicted molar refractivity (Wildman–Crippen MR) is 96.8 cm³/mol. The van der Waals surface area contributed by atoms with Crippen LogP contribution in [0.15, 0.2) is 11.1 Å². The van der Waals surface area contributed by atoms with E-state index in [0.717, 1.165) is 29.9 Å². The average Bonchev–Trinajstić information content (AvgIpc) is 3.15. The molecule has 0 radical (unpaired) electrons. The van der Waals surface area contributed by atoms with Crippen LogP contribution in [0.4, 0.5) is 10.6 Å². The summed E-state index contributed by atoms with van der Waals surface area (Å²) in [5, 5.41) is 10.1. The van der Waals surface area contributed by atoms with E-state index < -0.39 is 5.60 Å². The van der Waals surface area contributed by atoms with E-state index in [1.807, 2.05) is 13.8 Å². The van der Waals surface area contributed by atoms with Gasteiger partial charge in [-0.25, -0.2) is 9.78 Å². The molecule has 25 heavy (non-hydrogen) atoms. The number of imidazole rings is 1. The summed E-state index contributed by atoms with van der Waals surface area (Å²) < 4.78 is 0. The minimum absolute atomic E-state index is 0.0314. The van der Waals surface area contributed by atoms with Crippen LogP contribution < -0.4 is 4.90 Å². The van der Waals surface area contributed by atoms with Gasteiger partial charge in [-0.05, 0) is 45.1 Å². The van der Waals surface area contributed by atoms with Crippen molar-refractivity contribution in [1.82, 2.24) is 14.9 Å². The third kappa shape index (κ3) is 2.66. The molecule has 1 aromatic heterocycles. The lowest BCUT2D eigenvalue weighted by atomic mass is 9.87. The van der Waals surface area contributed by atoms with Crippen molar-refractivity contribution < 1.29 is 9.90 Å². The lowest BCUT2D eigenvalue weighted by Gasteiger charge is -2.32. The molecule has 0 saturated carbocycles. The van der Waals surface area contributed by atoms with E-state index in [0.29, 0.717) is 37.6 Å². The maximum absolute atomic E-state index is 12.8. The number of hydrogen-bond acceptors (Lipinski definition) is 4. The normalized spacial score (nSPS) is 28.6. The number of aromatic nitrogens is 2. The van der Waals surface area contributed by atoms with E-state index in [2.05, 4.69) is 23.0 Å². The smallest absolute Gasteiger partial charge is 0.331 e. The number of urea groups is 1. The molecule has 2 atom stereocenters. The Balaban J connectivity index is 1.76. The molecule has 3 aliphatic rings. The number of aromatic amines is 1. The van der Waals surface area contributed by atoms with Gasteiger partial charge in [0, 0.05) is 6.54 Å². The van der Waals surface area contributed by atoms with Gasteiger partial charge < -0.3 is 10.1 Å². The first-order chi connectivity index (χ1) is 11.9. The number of amidine groups is 1. The monoisotopic (exact) mass is 343 g/mol. The summed E-state index contributed by atoms with van der Waals surface area (Å²) in [4.78, 5) is 29.2. The zero-order chi connectivity index (χ0) is 17.8. The highest BCUT2D eigenvalue weighted by molar-refractivity contribution is 6.18. The molecule has 134 valence electrons. The van der Waals surface area contributed by atoms with Crippen molar-refractivity contribution in [1.29, 1.82) is 0 Å². The Hall–Kier alpha value is -2.15. The lowest BCUT2D eigenvalue weighted by Crippen LogP contribution is -2.50. The first-order valence-corrected chi connectivity index (χ1v) is 9.08. The summed E-state index contributed by atoms with van der Waals surface area (Å²) in [6.07, 6.45) is 5.03. The van der Waals surface area contributed by atoms with Gasteiger partial charge in [0.05, 0.1) is 18.2 Å². The van der Waals surface area contributed by atoms with E-state index in [4.69, 9.17) is 4.98 Å². The highest BCUT2D eigenvalue weighted by atomic mass is 16.3. The van der Waals surface area contributed by atoms with Crippen LogP contribution in [0.3, 0.4) is 0 Å². The molecule has 2 aliphatic heterocycles. The Morgan fingerprint density at radius 2 is 2.28 bits per heavy atom. The zero-order valence-electron chi connectivity index (χ0n) is 15.0. The summed E-state index contributed by atoms with van der Waals surface area (Å²) in [5.41, 5.74) is 1.30. The van der Waals surface area contributed by atoms with Gasteiger partial charge in [0.2, 0.25) is 0 Å². The Bertz CT molecular complexity index is 776. The summed E-state index contributed by atoms with van der Waals surface area (Å²) in [6, 6.07) is 0.0696. The van der Waals surface area contributed by atoms with E-state index in [-0.39, 0.29) is 12.1 Å². The average molecular weight is 343 g/mol. The molecule has 0 fully saturated rings. The van der Waals surface area contributed by atoms with E-state index in [1.54, 1.807) is 9.80 Å². The molecule has 4 rings (SSSR count). The number of carbonyl (C=O) groups excluding carboxylic acids is 1. The number of allylic oxidation sites excluding steroid dienone is 1. The molecule has 0 spiro atoms. The maximum Gasteiger partial charge on any atom is 0.331 e. The summed E-state index contributed by atoms with van der Waals surface area (Å²) in [7, 11) is 0. The van der Waals surface area contributed by atoms with Crippen LogP contribution in [0, 0.1) is 0 Å². The van der Waals surface area contributed by atoms with Crippen molar-refractivity contribution in [3.8, 4) is 0 Å². The maximum atomic E-state index is 12.8. The Morgan fingerprint density at radius 1 is 1.48 bits per heavy atom. The third-order valence-corrected chi connectivity index (χ3v) is 5.14. The van der Waals surface area contributed by atoms with E-state index in [1.165, 1.54) is 0 Å². The molecule has 2 N–H and O–H groups in total. The van der Waals surface area contributed by atoms with Crippen molar-refractivity contribution in [3.63, 3.8) is 0 Å². The van der Waals surface area contributed by atoms with E-state index >= 15 is 0 Å². The number of anilines is 1. The van der Waals surface area contributed by atoms with Crippen LogP contribution in [-0.4, -0.2) is 56.6 Å². The SMILES string of the molecule is CCCN1C(=O)N2C[C@@H](C)N=C2c2[nH]c(C3=CCC(C)(O)CC3)nc21. The Morgan fingerprint density at radius 3 is 2.96 bits per heavy atom. The van der Waals surface area contributed by atoms with Gasteiger partial charge in [0.1, 0.15) is 11.5 Å². The van der Waals surface area contributed by atoms with Crippen LogP contribution in [0.1, 0.15) is 58.0 Å². The number of nitrogens with one attached hydrogen (secondary N) is 1. The van der Waals surface area contributed by atoms with Crippen LogP contribution >= 0.6 is 0 Å². The molecule has 1 unspecified atom stereocenters. The fraction of sp³-hybridized carbons (Fsp3) is 0.611. The number of aliphatic hydroxyl groups is 1. The molecule has 1 aliphatic carbocycles. The van der Waals surface area contributed by atoms with Crippen molar-refractivity contribution in [3.05, 3.63) is 17.6 Å². The Labute approximate surface area is 147 Å². The van der Waals surface area contributed by atoms with Gasteiger partial charge in [-0.2, -0.15) is 0 Å². The fourth-order valence-electron chi connectivity index (χ4n) is 3.73. The fourth-order valence-corrected chi connectivity index (χ4v) is 3.73. The van der Waals surface area contributed by atoms with Crippen molar-refractivity contribution in [2.75, 3.05) is 18.0 Å². The third-order valence-electron chi connectivity index (χ3n) is 5.14. The van der Waals surface area contributed by atoms with Crippen LogP contribution in [-0.2, 0) is 0 Å².